The van der Waals surface area contributed by atoms with E-state index >= 15 is 0 Å². The van der Waals surface area contributed by atoms with Gasteiger partial charge in [-0.2, -0.15) is 0 Å². The van der Waals surface area contributed by atoms with Gasteiger partial charge in [0, 0.05) is 19.4 Å². The minimum absolute atomic E-state index is 0.0468. The average molecular weight is 348 g/mol. The molecule has 0 heterocycles. The molecule has 0 rings (SSSR count). The summed E-state index contributed by atoms with van der Waals surface area (Å²) >= 11 is 0. The Kier molecular flexibility index (Phi) is 19.4. The van der Waals surface area contributed by atoms with Crippen LogP contribution in [0.1, 0.15) is 98.3 Å². The molecule has 0 aliphatic carbocycles. The molecule has 0 aromatic carbocycles. The number of alkyl halides is 2. The number of carbonyl (C=O) groups is 1. The molecule has 144 valence electrons. The summed E-state index contributed by atoms with van der Waals surface area (Å²) in [7, 11) is 0. The summed E-state index contributed by atoms with van der Waals surface area (Å²) in [6, 6.07) is 0. The summed E-state index contributed by atoms with van der Waals surface area (Å²) < 4.78 is 26.8. The summed E-state index contributed by atoms with van der Waals surface area (Å²) in [5, 5.41) is 2.67. The zero-order valence-corrected chi connectivity index (χ0v) is 16.3. The van der Waals surface area contributed by atoms with Gasteiger partial charge in [-0.15, -0.1) is 0 Å². The van der Waals surface area contributed by atoms with E-state index in [2.05, 4.69) is 12.2 Å². The molecule has 0 unspecified atom stereocenters. The molecule has 0 atom stereocenters. The first-order chi connectivity index (χ1) is 11.5. The lowest BCUT2D eigenvalue weighted by Gasteiger charge is -2.11. The lowest BCUT2D eigenvalue weighted by Crippen LogP contribution is -2.23. The maximum absolute atomic E-state index is 13.4. The van der Waals surface area contributed by atoms with Crippen LogP contribution in [0.2, 0.25) is 0 Å². The highest BCUT2D eigenvalue weighted by Crippen LogP contribution is 2.23. The molecule has 4 heteroatoms. The number of allylic oxidation sites excluding steroid dienone is 1. The second-order valence-electron chi connectivity index (χ2n) is 5.94. The van der Waals surface area contributed by atoms with E-state index in [1.54, 1.807) is 0 Å². The van der Waals surface area contributed by atoms with Crippen LogP contribution >= 0.6 is 0 Å². The lowest BCUT2D eigenvalue weighted by molar-refractivity contribution is -0.121. The number of hydrogen-bond acceptors (Lipinski definition) is 1. The van der Waals surface area contributed by atoms with Crippen molar-refractivity contribution >= 4 is 5.91 Å². The molecule has 0 bridgehead atoms. The van der Waals surface area contributed by atoms with Crippen LogP contribution < -0.4 is 5.32 Å². The van der Waals surface area contributed by atoms with Crippen molar-refractivity contribution < 1.29 is 13.6 Å². The monoisotopic (exact) mass is 347 g/mol. The molecule has 0 aliphatic rings. The van der Waals surface area contributed by atoms with Gasteiger partial charge in [0.1, 0.15) is 0 Å². The molecule has 0 saturated heterocycles. The molecule has 0 fully saturated rings. The second kappa shape index (κ2) is 18.4. The molecule has 0 aromatic heterocycles. The zero-order valence-electron chi connectivity index (χ0n) is 16.3. The molecule has 2 nitrogen and oxygen atoms in total. The fraction of sp³-hybridized carbons (Fsp3) is 0.850. The van der Waals surface area contributed by atoms with Gasteiger partial charge in [-0.1, -0.05) is 78.7 Å². The number of hydrogen-bond donors (Lipinski definition) is 1. The highest BCUT2D eigenvalue weighted by Gasteiger charge is 2.23. The number of nitrogens with one attached hydrogen (secondary N) is 1. The Balaban J connectivity index is 0. The van der Waals surface area contributed by atoms with Crippen LogP contribution in [-0.2, 0) is 4.79 Å². The second-order valence-corrected chi connectivity index (χ2v) is 5.94. The van der Waals surface area contributed by atoms with E-state index in [1.165, 1.54) is 31.8 Å². The van der Waals surface area contributed by atoms with E-state index in [1.807, 2.05) is 20.8 Å². The Bertz CT molecular complexity index is 304. The summed E-state index contributed by atoms with van der Waals surface area (Å²) in [5.74, 6) is -2.80. The van der Waals surface area contributed by atoms with Crippen LogP contribution in [0.3, 0.4) is 0 Å². The Labute approximate surface area is 148 Å². The van der Waals surface area contributed by atoms with E-state index in [-0.39, 0.29) is 18.9 Å². The Morgan fingerprint density at radius 3 is 2.08 bits per heavy atom. The topological polar surface area (TPSA) is 29.1 Å². The largest absolute Gasteiger partial charge is 0.353 e. The van der Waals surface area contributed by atoms with Gasteiger partial charge in [-0.3, -0.25) is 4.79 Å². The maximum atomic E-state index is 13.4. The quantitative estimate of drug-likeness (QED) is 0.276. The van der Waals surface area contributed by atoms with Crippen LogP contribution in [0.4, 0.5) is 8.78 Å². The summed E-state index contributed by atoms with van der Waals surface area (Å²) in [6.07, 6.45) is 11.8. The molecule has 24 heavy (non-hydrogen) atoms. The molecule has 0 radical (unpaired) electrons. The Hall–Kier alpha value is -0.930. The highest BCUT2D eigenvalue weighted by atomic mass is 19.3. The van der Waals surface area contributed by atoms with Gasteiger partial charge in [0.15, 0.2) is 0 Å². The predicted molar refractivity (Wildman–Crippen MR) is 101 cm³/mol. The molecule has 0 spiro atoms. The number of amides is 1. The van der Waals surface area contributed by atoms with Crippen molar-refractivity contribution in [3.05, 3.63) is 12.2 Å². The van der Waals surface area contributed by atoms with E-state index in [0.717, 1.165) is 31.8 Å². The normalized spacial score (nSPS) is 11.2. The maximum Gasteiger partial charge on any atom is 0.266 e. The third kappa shape index (κ3) is 19.1. The van der Waals surface area contributed by atoms with Gasteiger partial charge < -0.3 is 5.32 Å². The van der Waals surface area contributed by atoms with Crippen molar-refractivity contribution in [2.75, 3.05) is 6.54 Å². The number of halogens is 2. The van der Waals surface area contributed by atoms with E-state index < -0.39 is 5.92 Å². The van der Waals surface area contributed by atoms with Gasteiger partial charge >= 0.3 is 0 Å². The van der Waals surface area contributed by atoms with Gasteiger partial charge in [-0.05, 0) is 18.9 Å². The fourth-order valence-corrected chi connectivity index (χ4v) is 2.25. The van der Waals surface area contributed by atoms with Crippen molar-refractivity contribution in [3.8, 4) is 0 Å². The predicted octanol–water partition coefficient (Wildman–Crippen LogP) is 6.65. The van der Waals surface area contributed by atoms with Crippen LogP contribution in [-0.4, -0.2) is 18.4 Å². The van der Waals surface area contributed by atoms with Crippen molar-refractivity contribution in [3.63, 3.8) is 0 Å². The highest BCUT2D eigenvalue weighted by molar-refractivity contribution is 5.75. The third-order valence-corrected chi connectivity index (χ3v) is 3.65. The van der Waals surface area contributed by atoms with Crippen LogP contribution in [0, 0.1) is 0 Å². The van der Waals surface area contributed by atoms with Crippen LogP contribution in [0.5, 0.6) is 0 Å². The minimum Gasteiger partial charge on any atom is -0.353 e. The molecular formula is C20H39F2NO. The first-order valence-electron chi connectivity index (χ1n) is 9.84. The SMILES string of the molecule is CC.CCCCCCCCC(=O)NC/C=C\C(F)(F)CCCCC. The number of unbranched alkanes of at least 4 members (excludes halogenated alkanes) is 7. The van der Waals surface area contributed by atoms with E-state index in [4.69, 9.17) is 0 Å². The van der Waals surface area contributed by atoms with Gasteiger partial charge in [0.05, 0.1) is 0 Å². The van der Waals surface area contributed by atoms with Crippen molar-refractivity contribution in [1.82, 2.24) is 5.32 Å². The number of carbonyl (C=O) groups excluding carboxylic acids is 1. The van der Waals surface area contributed by atoms with E-state index in [9.17, 15) is 13.6 Å². The number of rotatable bonds is 14. The third-order valence-electron chi connectivity index (χ3n) is 3.65. The zero-order chi connectivity index (χ0) is 18.7. The summed E-state index contributed by atoms with van der Waals surface area (Å²) in [5.41, 5.74) is 0. The standard InChI is InChI=1S/C18H33F2NO.C2H6/c1-3-5-7-8-9-10-13-17(22)21-16-12-15-18(19,20)14-11-6-4-2;1-2/h12,15H,3-11,13-14,16H2,1-2H3,(H,21,22);1-2H3/b15-12-;. The molecule has 0 saturated carbocycles. The minimum atomic E-state index is -2.75. The first kappa shape index (κ1) is 25.3. The van der Waals surface area contributed by atoms with Crippen molar-refractivity contribution in [2.45, 2.75) is 104 Å². The van der Waals surface area contributed by atoms with Gasteiger partial charge in [0.25, 0.3) is 5.92 Å². The van der Waals surface area contributed by atoms with Crippen molar-refractivity contribution in [2.24, 2.45) is 0 Å². The molecule has 1 amide bonds. The average Bonchev–Trinajstić information content (AvgIpc) is 2.57. The Morgan fingerprint density at radius 2 is 1.46 bits per heavy atom. The molecule has 1 N–H and O–H groups in total. The van der Waals surface area contributed by atoms with Gasteiger partial charge in [0.2, 0.25) is 5.91 Å². The fourth-order valence-electron chi connectivity index (χ4n) is 2.25. The van der Waals surface area contributed by atoms with E-state index in [0.29, 0.717) is 12.8 Å². The Morgan fingerprint density at radius 1 is 0.917 bits per heavy atom. The molecule has 0 aliphatic heterocycles. The first-order valence-corrected chi connectivity index (χ1v) is 9.84. The summed E-state index contributed by atoms with van der Waals surface area (Å²) in [4.78, 5) is 11.5. The summed E-state index contributed by atoms with van der Waals surface area (Å²) in [6.45, 7) is 8.36. The van der Waals surface area contributed by atoms with Crippen LogP contribution in [0.15, 0.2) is 12.2 Å². The molecular weight excluding hydrogens is 308 g/mol. The van der Waals surface area contributed by atoms with Gasteiger partial charge in [-0.25, -0.2) is 8.78 Å². The molecule has 0 aromatic rings. The lowest BCUT2D eigenvalue weighted by atomic mass is 10.1. The smallest absolute Gasteiger partial charge is 0.266 e. The van der Waals surface area contributed by atoms with Crippen LogP contribution in [0.25, 0.3) is 0 Å². The van der Waals surface area contributed by atoms with Crippen molar-refractivity contribution in [1.29, 1.82) is 0 Å².